The predicted molar refractivity (Wildman–Crippen MR) is 126 cm³/mol. The van der Waals surface area contributed by atoms with Crippen molar-refractivity contribution in [3.8, 4) is 0 Å². The number of carbonyl (C=O) groups excluding carboxylic acids is 2. The molecule has 1 atom stereocenters. The van der Waals surface area contributed by atoms with Gasteiger partial charge in [-0.3, -0.25) is 4.79 Å². The zero-order valence-electron chi connectivity index (χ0n) is 20.6. The van der Waals surface area contributed by atoms with Gasteiger partial charge in [-0.1, -0.05) is 43.7 Å². The second kappa shape index (κ2) is 12.8. The molecule has 1 N–H and O–H groups in total. The van der Waals surface area contributed by atoms with Crippen LogP contribution in [0.5, 0.6) is 0 Å². The third-order valence-electron chi connectivity index (χ3n) is 5.72. The van der Waals surface area contributed by atoms with E-state index in [-0.39, 0.29) is 38.6 Å². The Morgan fingerprint density at radius 2 is 1.52 bits per heavy atom. The summed E-state index contributed by atoms with van der Waals surface area (Å²) in [7, 11) is 0.857. The summed E-state index contributed by atoms with van der Waals surface area (Å²) in [4.78, 5) is 24.7. The quantitative estimate of drug-likeness (QED) is 0.355. The molecule has 0 bridgehead atoms. The van der Waals surface area contributed by atoms with E-state index in [0.717, 1.165) is 11.0 Å². The fourth-order valence-corrected chi connectivity index (χ4v) is 3.14. The molecule has 33 heavy (non-hydrogen) atoms. The zero-order chi connectivity index (χ0) is 23.9. The number of rotatable bonds is 6. The van der Waals surface area contributed by atoms with Gasteiger partial charge in [0.25, 0.3) is 0 Å². The minimum absolute atomic E-state index is 0. The van der Waals surface area contributed by atoms with Crippen molar-refractivity contribution in [3.05, 3.63) is 65.7 Å². The minimum atomic E-state index is -0.797. The van der Waals surface area contributed by atoms with Gasteiger partial charge >= 0.3 is 13.1 Å². The van der Waals surface area contributed by atoms with Crippen LogP contribution in [0.25, 0.3) is 0 Å². The number of nitrogens with one attached hydrogen (secondary N) is 1. The molecule has 1 heterocycles. The fraction of sp³-hybridized carbons (Fsp3) is 0.440. The van der Waals surface area contributed by atoms with Gasteiger partial charge in [0.2, 0.25) is 5.91 Å². The van der Waals surface area contributed by atoms with Gasteiger partial charge in [0, 0.05) is 39.1 Å². The van der Waals surface area contributed by atoms with Crippen LogP contribution >= 0.6 is 0 Å². The first kappa shape index (κ1) is 29.5. The van der Waals surface area contributed by atoms with Crippen LogP contribution in [-0.2, 0) is 58.0 Å². The third-order valence-corrected chi connectivity index (χ3v) is 5.72. The molecule has 3 rings (SSSR count). The SMILES string of the molecule is CC.COC(=O)C(Cc1ccc(B2OC(C)(C)C(C)(C)O2)cc1)NC(=O)c1cc[c-]cc1.[Y]. The van der Waals surface area contributed by atoms with E-state index < -0.39 is 30.3 Å². The number of amides is 1. The summed E-state index contributed by atoms with van der Waals surface area (Å²) in [6.45, 7) is 12.0. The third kappa shape index (κ3) is 7.48. The largest absolute Gasteiger partial charge is 0.494 e. The maximum absolute atomic E-state index is 12.4. The Bertz CT molecular complexity index is 887. The number of ether oxygens (including phenoxy) is 1. The molecule has 0 aromatic heterocycles. The Hall–Kier alpha value is -1.53. The number of methoxy groups -OCH3 is 1. The van der Waals surface area contributed by atoms with Gasteiger partial charge in [-0.2, -0.15) is 30.3 Å². The van der Waals surface area contributed by atoms with Crippen LogP contribution < -0.4 is 10.8 Å². The standard InChI is InChI=1S/C23H27BNO5.C2H6.Y/c1-22(2)23(3,4)30-24(29-22)18-13-11-16(12-14-18)15-19(21(27)28-5)25-20(26)17-9-7-6-8-10-17;1-2;/h7-14,19H,15H2,1-5H3,(H,25,26);1-2H3;/q-1;;. The Labute approximate surface area is 223 Å². The van der Waals surface area contributed by atoms with Crippen LogP contribution in [0, 0.1) is 6.07 Å². The Kier molecular flexibility index (Phi) is 11.4. The topological polar surface area (TPSA) is 73.9 Å². The Balaban J connectivity index is 0.00000177. The molecule has 0 spiro atoms. The van der Waals surface area contributed by atoms with Gasteiger partial charge in [0.1, 0.15) is 6.04 Å². The normalized spacial score (nSPS) is 16.5. The van der Waals surface area contributed by atoms with Crippen LogP contribution in [0.1, 0.15) is 57.5 Å². The summed E-state index contributed by atoms with van der Waals surface area (Å²) < 4.78 is 17.0. The van der Waals surface area contributed by atoms with Gasteiger partial charge in [0.15, 0.2) is 0 Å². The summed E-state index contributed by atoms with van der Waals surface area (Å²) >= 11 is 0. The van der Waals surface area contributed by atoms with E-state index >= 15 is 0 Å². The first-order chi connectivity index (χ1) is 15.1. The molecule has 1 aliphatic heterocycles. The van der Waals surface area contributed by atoms with Crippen molar-refractivity contribution in [2.24, 2.45) is 0 Å². The summed E-state index contributed by atoms with van der Waals surface area (Å²) in [5.41, 5.74) is 1.42. The van der Waals surface area contributed by atoms with Crippen molar-refractivity contribution in [2.45, 2.75) is 65.2 Å². The number of hydrogen-bond donors (Lipinski definition) is 1. The first-order valence-corrected chi connectivity index (χ1v) is 10.9. The van der Waals surface area contributed by atoms with Crippen LogP contribution in [0.15, 0.2) is 48.5 Å². The van der Waals surface area contributed by atoms with E-state index in [9.17, 15) is 9.59 Å². The van der Waals surface area contributed by atoms with E-state index in [1.54, 1.807) is 24.3 Å². The number of esters is 1. The zero-order valence-corrected chi connectivity index (χ0v) is 23.4. The molecule has 0 saturated carbocycles. The molecule has 1 amide bonds. The van der Waals surface area contributed by atoms with Gasteiger partial charge < -0.3 is 19.4 Å². The molecule has 1 unspecified atom stereocenters. The smallest absolute Gasteiger partial charge is 0.467 e. The van der Waals surface area contributed by atoms with Crippen molar-refractivity contribution in [2.75, 3.05) is 7.11 Å². The van der Waals surface area contributed by atoms with Crippen molar-refractivity contribution < 1.29 is 56.3 Å². The minimum Gasteiger partial charge on any atom is -0.467 e. The number of benzene rings is 2. The van der Waals surface area contributed by atoms with E-state index in [2.05, 4.69) is 11.4 Å². The summed E-state index contributed by atoms with van der Waals surface area (Å²) in [5, 5.41) is 2.75. The molecule has 1 fully saturated rings. The van der Waals surface area contributed by atoms with Gasteiger partial charge in [-0.25, -0.2) is 4.79 Å². The molecular weight excluding hydrogens is 494 g/mol. The molecule has 1 radical (unpaired) electrons. The van der Waals surface area contributed by atoms with Crippen molar-refractivity contribution in [1.82, 2.24) is 5.32 Å². The molecule has 0 aliphatic carbocycles. The second-order valence-electron chi connectivity index (χ2n) is 8.37. The first-order valence-electron chi connectivity index (χ1n) is 10.9. The molecule has 175 valence electrons. The molecule has 8 heteroatoms. The molecule has 1 aliphatic rings. The van der Waals surface area contributed by atoms with Crippen molar-refractivity contribution in [3.63, 3.8) is 0 Å². The van der Waals surface area contributed by atoms with Gasteiger partial charge in [0.05, 0.1) is 18.3 Å². The van der Waals surface area contributed by atoms with E-state index in [0.29, 0.717) is 12.0 Å². The molecule has 2 aromatic carbocycles. The van der Waals surface area contributed by atoms with E-state index in [1.165, 1.54) is 7.11 Å². The maximum Gasteiger partial charge on any atom is 0.494 e. The van der Waals surface area contributed by atoms with Crippen molar-refractivity contribution in [1.29, 1.82) is 0 Å². The molecule has 1 saturated heterocycles. The van der Waals surface area contributed by atoms with Crippen LogP contribution in [-0.4, -0.2) is 43.3 Å². The van der Waals surface area contributed by atoms with Crippen molar-refractivity contribution >= 4 is 24.5 Å². The molecular formula is C25H33BNO5Y-. The van der Waals surface area contributed by atoms with Gasteiger partial charge in [-0.05, 0) is 38.7 Å². The summed E-state index contributed by atoms with van der Waals surface area (Å²) in [6, 6.07) is 16.3. The summed E-state index contributed by atoms with van der Waals surface area (Å²) in [5.74, 6) is -0.839. The average Bonchev–Trinajstić information content (AvgIpc) is 3.02. The molecule has 2 aromatic rings. The monoisotopic (exact) mass is 527 g/mol. The van der Waals surface area contributed by atoms with Crippen LogP contribution in [0.2, 0.25) is 0 Å². The Morgan fingerprint density at radius 1 is 1.00 bits per heavy atom. The maximum atomic E-state index is 12.4. The fourth-order valence-electron chi connectivity index (χ4n) is 3.14. The molecule has 6 nitrogen and oxygen atoms in total. The van der Waals surface area contributed by atoms with Crippen LogP contribution in [0.3, 0.4) is 0 Å². The van der Waals surface area contributed by atoms with E-state index in [1.807, 2.05) is 65.8 Å². The predicted octanol–water partition coefficient (Wildman–Crippen LogP) is 3.32. The van der Waals surface area contributed by atoms with E-state index in [4.69, 9.17) is 14.0 Å². The van der Waals surface area contributed by atoms with Crippen LogP contribution in [0.4, 0.5) is 0 Å². The summed E-state index contributed by atoms with van der Waals surface area (Å²) in [6.07, 6.45) is 0.307. The second-order valence-corrected chi connectivity index (χ2v) is 8.37. The Morgan fingerprint density at radius 3 is 2.00 bits per heavy atom. The average molecular weight is 527 g/mol. The number of carbonyl (C=O) groups is 2. The van der Waals surface area contributed by atoms with Gasteiger partial charge in [-0.15, -0.1) is 0 Å². The number of hydrogen-bond acceptors (Lipinski definition) is 5.